The summed E-state index contributed by atoms with van der Waals surface area (Å²) in [7, 11) is 1.50. The standard InChI is InChI=1S/C29H30FN3O6S/c1-4-38-29(36)25-21-7-5-6-8-24(21)40-28(25)31-26(34)27(35)33-32-17(2)19-11-14-22(23(15-19)37-3)39-16-18-9-12-20(30)13-10-18/h9-15H,4-8,16H2,1-3H3,(H,31,34)(H,33,35)/b32-17+. The number of halogens is 1. The average Bonchev–Trinajstić information content (AvgIpc) is 3.33. The van der Waals surface area contributed by atoms with Gasteiger partial charge in [-0.2, -0.15) is 5.10 Å². The fourth-order valence-corrected chi connectivity index (χ4v) is 5.51. The van der Waals surface area contributed by atoms with Crippen molar-refractivity contribution < 1.29 is 33.0 Å². The van der Waals surface area contributed by atoms with Crippen LogP contribution in [0.4, 0.5) is 9.39 Å². The van der Waals surface area contributed by atoms with Crippen LogP contribution in [0.15, 0.2) is 47.6 Å². The summed E-state index contributed by atoms with van der Waals surface area (Å²) in [6.45, 7) is 3.81. The van der Waals surface area contributed by atoms with Gasteiger partial charge in [-0.1, -0.05) is 12.1 Å². The Hall–Kier alpha value is -4.25. The second-order valence-corrected chi connectivity index (χ2v) is 10.1. The van der Waals surface area contributed by atoms with Gasteiger partial charge in [0.25, 0.3) is 0 Å². The van der Waals surface area contributed by atoms with Crippen molar-refractivity contribution >= 4 is 39.8 Å². The zero-order valence-corrected chi connectivity index (χ0v) is 23.3. The molecule has 4 rings (SSSR count). The summed E-state index contributed by atoms with van der Waals surface area (Å²) in [5.74, 6) is -1.84. The monoisotopic (exact) mass is 567 g/mol. The lowest BCUT2D eigenvalue weighted by molar-refractivity contribution is -0.136. The van der Waals surface area contributed by atoms with Crippen molar-refractivity contribution in [2.45, 2.75) is 46.1 Å². The maximum absolute atomic E-state index is 13.1. The van der Waals surface area contributed by atoms with E-state index in [1.54, 1.807) is 44.2 Å². The lowest BCUT2D eigenvalue weighted by Crippen LogP contribution is -2.33. The summed E-state index contributed by atoms with van der Waals surface area (Å²) in [5, 5.41) is 6.93. The third-order valence-electron chi connectivity index (χ3n) is 6.30. The van der Waals surface area contributed by atoms with Crippen LogP contribution in [-0.2, 0) is 33.8 Å². The van der Waals surface area contributed by atoms with Gasteiger partial charge in [0.05, 0.1) is 25.0 Å². The van der Waals surface area contributed by atoms with Crippen molar-refractivity contribution in [3.63, 3.8) is 0 Å². The Bertz CT molecular complexity index is 1430. The number of esters is 1. The van der Waals surface area contributed by atoms with Crippen LogP contribution in [0.5, 0.6) is 11.5 Å². The second kappa shape index (κ2) is 13.2. The van der Waals surface area contributed by atoms with E-state index in [4.69, 9.17) is 14.2 Å². The molecule has 40 heavy (non-hydrogen) atoms. The van der Waals surface area contributed by atoms with Gasteiger partial charge < -0.3 is 19.5 Å². The molecule has 1 heterocycles. The molecule has 0 radical (unpaired) electrons. The molecule has 0 spiro atoms. The molecule has 11 heteroatoms. The molecule has 210 valence electrons. The van der Waals surface area contributed by atoms with Crippen LogP contribution >= 0.6 is 11.3 Å². The minimum absolute atomic E-state index is 0.206. The van der Waals surface area contributed by atoms with Gasteiger partial charge in [0.2, 0.25) is 0 Å². The number of aryl methyl sites for hydroxylation is 1. The Morgan fingerprint density at radius 2 is 1.77 bits per heavy atom. The van der Waals surface area contributed by atoms with Crippen molar-refractivity contribution in [2.24, 2.45) is 5.10 Å². The molecule has 0 fully saturated rings. The van der Waals surface area contributed by atoms with Crippen molar-refractivity contribution in [1.29, 1.82) is 0 Å². The van der Waals surface area contributed by atoms with Crippen LogP contribution in [-0.4, -0.2) is 37.2 Å². The number of hydrogen-bond acceptors (Lipinski definition) is 8. The van der Waals surface area contributed by atoms with Crippen molar-refractivity contribution in [3.8, 4) is 11.5 Å². The zero-order valence-electron chi connectivity index (χ0n) is 22.5. The predicted octanol–water partition coefficient (Wildman–Crippen LogP) is 5.01. The first-order chi connectivity index (χ1) is 19.3. The van der Waals surface area contributed by atoms with E-state index in [-0.39, 0.29) is 19.0 Å². The molecule has 0 atom stereocenters. The third-order valence-corrected chi connectivity index (χ3v) is 7.51. The molecule has 2 aromatic carbocycles. The molecular weight excluding hydrogens is 537 g/mol. The fraction of sp³-hybridized carbons (Fsp3) is 0.310. The van der Waals surface area contributed by atoms with E-state index in [1.165, 1.54) is 30.6 Å². The number of benzene rings is 2. The number of thiophene rings is 1. The number of hydrazone groups is 1. The topological polar surface area (TPSA) is 115 Å². The van der Waals surface area contributed by atoms with Crippen LogP contribution in [0, 0.1) is 5.82 Å². The number of rotatable bonds is 9. The molecular formula is C29H30FN3O6S. The molecule has 1 aliphatic carbocycles. The number of hydrogen-bond donors (Lipinski definition) is 2. The Morgan fingerprint density at radius 3 is 2.50 bits per heavy atom. The van der Waals surface area contributed by atoms with Gasteiger partial charge in [0.15, 0.2) is 11.5 Å². The van der Waals surface area contributed by atoms with E-state index in [1.807, 2.05) is 0 Å². The number of ether oxygens (including phenoxy) is 3. The highest BCUT2D eigenvalue weighted by molar-refractivity contribution is 7.17. The minimum Gasteiger partial charge on any atom is -0.493 e. The van der Waals surface area contributed by atoms with Gasteiger partial charge in [-0.15, -0.1) is 11.3 Å². The van der Waals surface area contributed by atoms with Crippen molar-refractivity contribution in [3.05, 3.63) is 75.4 Å². The highest BCUT2D eigenvalue weighted by Gasteiger charge is 2.28. The number of nitrogens with one attached hydrogen (secondary N) is 2. The molecule has 2 amide bonds. The summed E-state index contributed by atoms with van der Waals surface area (Å²) >= 11 is 1.30. The molecule has 2 N–H and O–H groups in total. The van der Waals surface area contributed by atoms with Gasteiger partial charge in [0, 0.05) is 10.4 Å². The van der Waals surface area contributed by atoms with Crippen LogP contribution in [0.2, 0.25) is 0 Å². The number of nitrogens with zero attached hydrogens (tertiary/aromatic N) is 1. The average molecular weight is 568 g/mol. The first kappa shape index (κ1) is 28.8. The van der Waals surface area contributed by atoms with Gasteiger partial charge in [-0.25, -0.2) is 14.6 Å². The quantitative estimate of drug-likeness (QED) is 0.163. The molecule has 0 aliphatic heterocycles. The normalized spacial score (nSPS) is 12.8. The predicted molar refractivity (Wildman–Crippen MR) is 150 cm³/mol. The van der Waals surface area contributed by atoms with Crippen molar-refractivity contribution in [1.82, 2.24) is 5.43 Å². The lowest BCUT2D eigenvalue weighted by Gasteiger charge is -2.12. The number of methoxy groups -OCH3 is 1. The summed E-state index contributed by atoms with van der Waals surface area (Å²) in [4.78, 5) is 38.8. The molecule has 1 aliphatic rings. The second-order valence-electron chi connectivity index (χ2n) is 9.01. The maximum Gasteiger partial charge on any atom is 0.341 e. The highest BCUT2D eigenvalue weighted by Crippen LogP contribution is 2.38. The molecule has 9 nitrogen and oxygen atoms in total. The van der Waals surface area contributed by atoms with E-state index < -0.39 is 17.8 Å². The van der Waals surface area contributed by atoms with Crippen LogP contribution in [0.1, 0.15) is 58.6 Å². The molecule has 0 saturated heterocycles. The summed E-state index contributed by atoms with van der Waals surface area (Å²) in [6.07, 6.45) is 3.50. The first-order valence-corrected chi connectivity index (χ1v) is 13.6. The summed E-state index contributed by atoms with van der Waals surface area (Å²) in [6, 6.07) is 11.1. The Balaban J connectivity index is 1.41. The number of anilines is 1. The molecule has 0 bridgehead atoms. The fourth-order valence-electron chi connectivity index (χ4n) is 4.24. The summed E-state index contributed by atoms with van der Waals surface area (Å²) in [5.41, 5.74) is 5.32. The third kappa shape index (κ3) is 6.84. The number of amides is 2. The largest absolute Gasteiger partial charge is 0.493 e. The van der Waals surface area contributed by atoms with Gasteiger partial charge >= 0.3 is 17.8 Å². The van der Waals surface area contributed by atoms with Crippen LogP contribution in [0.3, 0.4) is 0 Å². The minimum atomic E-state index is -0.980. The zero-order chi connectivity index (χ0) is 28.6. The highest BCUT2D eigenvalue weighted by atomic mass is 32.1. The van der Waals surface area contributed by atoms with Crippen molar-refractivity contribution in [2.75, 3.05) is 19.0 Å². The van der Waals surface area contributed by atoms with Gasteiger partial charge in [-0.05, 0) is 81.0 Å². The van der Waals surface area contributed by atoms with Crippen LogP contribution in [0.25, 0.3) is 0 Å². The molecule has 0 saturated carbocycles. The Labute approximate surface area is 235 Å². The SMILES string of the molecule is CCOC(=O)c1c(NC(=O)C(=O)N/N=C(\C)c2ccc(OCc3ccc(F)cc3)c(OC)c2)sc2c1CCCC2. The Kier molecular flexibility index (Phi) is 9.49. The van der Waals surface area contributed by atoms with E-state index in [0.29, 0.717) is 33.3 Å². The van der Waals surface area contributed by atoms with E-state index >= 15 is 0 Å². The van der Waals surface area contributed by atoms with E-state index in [0.717, 1.165) is 41.7 Å². The Morgan fingerprint density at radius 1 is 1.02 bits per heavy atom. The molecule has 0 unspecified atom stereocenters. The molecule has 1 aromatic heterocycles. The lowest BCUT2D eigenvalue weighted by atomic mass is 9.95. The van der Waals surface area contributed by atoms with E-state index in [9.17, 15) is 18.8 Å². The molecule has 3 aromatic rings. The number of carbonyl (C=O) groups is 3. The number of carbonyl (C=O) groups excluding carboxylic acids is 3. The first-order valence-electron chi connectivity index (χ1n) is 12.8. The van der Waals surface area contributed by atoms with Crippen LogP contribution < -0.4 is 20.2 Å². The number of fused-ring (bicyclic) bond motifs is 1. The van der Waals surface area contributed by atoms with Gasteiger partial charge in [0.1, 0.15) is 17.4 Å². The summed E-state index contributed by atoms with van der Waals surface area (Å²) < 4.78 is 29.5. The smallest absolute Gasteiger partial charge is 0.341 e. The van der Waals surface area contributed by atoms with E-state index in [2.05, 4.69) is 15.8 Å². The van der Waals surface area contributed by atoms with Gasteiger partial charge in [-0.3, -0.25) is 9.59 Å². The maximum atomic E-state index is 13.1.